The molecule has 2 amide bonds. The molecule has 2 N–H and O–H groups in total. The van der Waals surface area contributed by atoms with Crippen LogP contribution >= 0.6 is 0 Å². The van der Waals surface area contributed by atoms with Crippen LogP contribution in [-0.2, 0) is 4.74 Å². The molecule has 6 nitrogen and oxygen atoms in total. The minimum atomic E-state index is -0.201. The van der Waals surface area contributed by atoms with Crippen LogP contribution in [0, 0.1) is 5.92 Å². The number of rotatable bonds is 5. The molecule has 0 radical (unpaired) electrons. The SMILES string of the molecule is CC(C)c1cnc(-c2ccc(NC(=O)NCC3CCOC3)cc2)o1. The summed E-state index contributed by atoms with van der Waals surface area (Å²) in [6.07, 6.45) is 2.76. The van der Waals surface area contributed by atoms with E-state index in [2.05, 4.69) is 29.5 Å². The molecule has 128 valence electrons. The number of aromatic nitrogens is 1. The maximum Gasteiger partial charge on any atom is 0.319 e. The summed E-state index contributed by atoms with van der Waals surface area (Å²) in [5.41, 5.74) is 1.62. The third kappa shape index (κ3) is 4.14. The van der Waals surface area contributed by atoms with Crippen LogP contribution in [0.4, 0.5) is 10.5 Å². The summed E-state index contributed by atoms with van der Waals surface area (Å²) in [6, 6.07) is 7.25. The van der Waals surface area contributed by atoms with Crippen molar-refractivity contribution in [2.75, 3.05) is 25.1 Å². The van der Waals surface area contributed by atoms with Gasteiger partial charge in [0, 0.05) is 36.2 Å². The number of ether oxygens (including phenoxy) is 1. The van der Waals surface area contributed by atoms with Crippen molar-refractivity contribution in [3.63, 3.8) is 0 Å². The average Bonchev–Trinajstić information content (AvgIpc) is 3.25. The van der Waals surface area contributed by atoms with Gasteiger partial charge in [0.15, 0.2) is 0 Å². The van der Waals surface area contributed by atoms with Crippen molar-refractivity contribution < 1.29 is 13.9 Å². The van der Waals surface area contributed by atoms with E-state index >= 15 is 0 Å². The lowest BCUT2D eigenvalue weighted by molar-refractivity contribution is 0.185. The monoisotopic (exact) mass is 329 g/mol. The quantitative estimate of drug-likeness (QED) is 0.878. The lowest BCUT2D eigenvalue weighted by atomic mass is 10.1. The first-order valence-electron chi connectivity index (χ1n) is 8.30. The highest BCUT2D eigenvalue weighted by atomic mass is 16.5. The molecule has 2 aromatic rings. The van der Waals surface area contributed by atoms with E-state index in [1.807, 2.05) is 24.3 Å². The smallest absolute Gasteiger partial charge is 0.319 e. The predicted octanol–water partition coefficient (Wildman–Crippen LogP) is 3.62. The van der Waals surface area contributed by atoms with Gasteiger partial charge in [0.1, 0.15) is 5.76 Å². The van der Waals surface area contributed by atoms with Gasteiger partial charge in [-0.2, -0.15) is 0 Å². The van der Waals surface area contributed by atoms with Crippen molar-refractivity contribution in [3.05, 3.63) is 36.2 Å². The zero-order valence-electron chi connectivity index (χ0n) is 14.0. The summed E-state index contributed by atoms with van der Waals surface area (Å²) in [6.45, 7) is 6.28. The normalized spacial score (nSPS) is 17.2. The van der Waals surface area contributed by atoms with Crippen molar-refractivity contribution in [1.29, 1.82) is 0 Å². The lowest BCUT2D eigenvalue weighted by Gasteiger charge is -2.11. The Bertz CT molecular complexity index is 673. The van der Waals surface area contributed by atoms with Gasteiger partial charge in [-0.15, -0.1) is 0 Å². The first-order valence-corrected chi connectivity index (χ1v) is 8.30. The number of hydrogen-bond donors (Lipinski definition) is 2. The molecule has 1 unspecified atom stereocenters. The topological polar surface area (TPSA) is 76.4 Å². The van der Waals surface area contributed by atoms with Crippen molar-refractivity contribution >= 4 is 11.7 Å². The zero-order valence-corrected chi connectivity index (χ0v) is 14.0. The molecule has 0 spiro atoms. The van der Waals surface area contributed by atoms with Crippen LogP contribution in [0.1, 0.15) is 31.9 Å². The number of nitrogens with zero attached hydrogens (tertiary/aromatic N) is 1. The molecule has 1 aliphatic rings. The minimum absolute atomic E-state index is 0.201. The van der Waals surface area contributed by atoms with Crippen LogP contribution in [0.15, 0.2) is 34.9 Å². The number of hydrogen-bond acceptors (Lipinski definition) is 4. The molecule has 2 heterocycles. The summed E-state index contributed by atoms with van der Waals surface area (Å²) in [5, 5.41) is 5.70. The maximum atomic E-state index is 11.9. The van der Waals surface area contributed by atoms with E-state index in [1.165, 1.54) is 0 Å². The second kappa shape index (κ2) is 7.49. The fourth-order valence-electron chi connectivity index (χ4n) is 2.54. The highest BCUT2D eigenvalue weighted by Crippen LogP contribution is 2.24. The Morgan fingerprint density at radius 2 is 2.12 bits per heavy atom. The van der Waals surface area contributed by atoms with E-state index in [9.17, 15) is 4.79 Å². The molecule has 1 atom stereocenters. The molecule has 1 aliphatic heterocycles. The summed E-state index contributed by atoms with van der Waals surface area (Å²) >= 11 is 0. The molecule has 0 saturated carbocycles. The van der Waals surface area contributed by atoms with Gasteiger partial charge >= 0.3 is 6.03 Å². The predicted molar refractivity (Wildman–Crippen MR) is 92.0 cm³/mol. The number of carbonyl (C=O) groups excluding carboxylic acids is 1. The van der Waals surface area contributed by atoms with E-state index in [0.29, 0.717) is 24.3 Å². The summed E-state index contributed by atoms with van der Waals surface area (Å²) in [5.74, 6) is 2.18. The van der Waals surface area contributed by atoms with Crippen molar-refractivity contribution in [2.24, 2.45) is 5.92 Å². The van der Waals surface area contributed by atoms with Crippen LogP contribution in [0.25, 0.3) is 11.5 Å². The Morgan fingerprint density at radius 1 is 1.33 bits per heavy atom. The van der Waals surface area contributed by atoms with E-state index in [0.717, 1.165) is 36.6 Å². The van der Waals surface area contributed by atoms with E-state index in [1.54, 1.807) is 6.20 Å². The molecule has 1 aromatic carbocycles. The van der Waals surface area contributed by atoms with Gasteiger partial charge in [0.05, 0.1) is 12.8 Å². The molecule has 3 rings (SSSR count). The molecule has 6 heteroatoms. The zero-order chi connectivity index (χ0) is 16.9. The Morgan fingerprint density at radius 3 is 2.75 bits per heavy atom. The van der Waals surface area contributed by atoms with Crippen molar-refractivity contribution in [1.82, 2.24) is 10.3 Å². The molecule has 0 aliphatic carbocycles. The molecular weight excluding hydrogens is 306 g/mol. The summed E-state index contributed by atoms with van der Waals surface area (Å²) in [4.78, 5) is 16.2. The number of nitrogens with one attached hydrogen (secondary N) is 2. The first kappa shape index (κ1) is 16.5. The number of carbonyl (C=O) groups is 1. The minimum Gasteiger partial charge on any atom is -0.441 e. The highest BCUT2D eigenvalue weighted by molar-refractivity contribution is 5.89. The van der Waals surface area contributed by atoms with Crippen LogP contribution in [0.2, 0.25) is 0 Å². The first-order chi connectivity index (χ1) is 11.6. The van der Waals surface area contributed by atoms with Crippen molar-refractivity contribution in [3.8, 4) is 11.5 Å². The number of oxazole rings is 1. The third-order valence-electron chi connectivity index (χ3n) is 4.06. The summed E-state index contributed by atoms with van der Waals surface area (Å²) < 4.78 is 11.0. The average molecular weight is 329 g/mol. The Hall–Kier alpha value is -2.34. The van der Waals surface area contributed by atoms with Crippen LogP contribution < -0.4 is 10.6 Å². The van der Waals surface area contributed by atoms with Gasteiger partial charge in [-0.05, 0) is 30.7 Å². The fourth-order valence-corrected chi connectivity index (χ4v) is 2.54. The number of urea groups is 1. The van der Waals surface area contributed by atoms with Gasteiger partial charge in [0.2, 0.25) is 5.89 Å². The van der Waals surface area contributed by atoms with Crippen LogP contribution in [0.5, 0.6) is 0 Å². The lowest BCUT2D eigenvalue weighted by Crippen LogP contribution is -2.33. The third-order valence-corrected chi connectivity index (χ3v) is 4.06. The van der Waals surface area contributed by atoms with Gasteiger partial charge < -0.3 is 19.8 Å². The summed E-state index contributed by atoms with van der Waals surface area (Å²) in [7, 11) is 0. The fraction of sp³-hybridized carbons (Fsp3) is 0.444. The van der Waals surface area contributed by atoms with Gasteiger partial charge in [-0.3, -0.25) is 0 Å². The van der Waals surface area contributed by atoms with Crippen LogP contribution in [-0.4, -0.2) is 30.8 Å². The molecule has 24 heavy (non-hydrogen) atoms. The number of amides is 2. The van der Waals surface area contributed by atoms with E-state index < -0.39 is 0 Å². The molecule has 1 fully saturated rings. The van der Waals surface area contributed by atoms with Gasteiger partial charge in [-0.1, -0.05) is 13.8 Å². The van der Waals surface area contributed by atoms with Gasteiger partial charge in [-0.25, -0.2) is 9.78 Å². The standard InChI is InChI=1S/C18H23N3O3/c1-12(2)16-10-19-17(24-16)14-3-5-15(6-4-14)21-18(22)20-9-13-7-8-23-11-13/h3-6,10,12-13H,7-9,11H2,1-2H3,(H2,20,21,22). The molecular formula is C18H23N3O3. The molecule has 1 saturated heterocycles. The maximum absolute atomic E-state index is 11.9. The Balaban J connectivity index is 1.54. The second-order valence-electron chi connectivity index (χ2n) is 6.36. The Kier molecular flexibility index (Phi) is 5.15. The number of benzene rings is 1. The molecule has 0 bridgehead atoms. The van der Waals surface area contributed by atoms with E-state index in [4.69, 9.17) is 9.15 Å². The second-order valence-corrected chi connectivity index (χ2v) is 6.36. The number of anilines is 1. The Labute approximate surface area is 141 Å². The largest absolute Gasteiger partial charge is 0.441 e. The van der Waals surface area contributed by atoms with E-state index in [-0.39, 0.29) is 6.03 Å². The van der Waals surface area contributed by atoms with Crippen LogP contribution in [0.3, 0.4) is 0 Å². The van der Waals surface area contributed by atoms with Crippen molar-refractivity contribution in [2.45, 2.75) is 26.2 Å². The highest BCUT2D eigenvalue weighted by Gasteiger charge is 2.16. The molecule has 1 aromatic heterocycles. The van der Waals surface area contributed by atoms with Gasteiger partial charge in [0.25, 0.3) is 0 Å².